The predicted octanol–water partition coefficient (Wildman–Crippen LogP) is 2.82. The van der Waals surface area contributed by atoms with Crippen molar-refractivity contribution in [3.05, 3.63) is 0 Å². The molecule has 0 aromatic carbocycles. The van der Waals surface area contributed by atoms with Crippen LogP contribution in [-0.2, 0) is 9.53 Å². The summed E-state index contributed by atoms with van der Waals surface area (Å²) < 4.78 is 5.97. The van der Waals surface area contributed by atoms with E-state index in [1.54, 1.807) is 0 Å². The van der Waals surface area contributed by atoms with E-state index in [0.717, 1.165) is 32.2 Å². The van der Waals surface area contributed by atoms with Gasteiger partial charge in [0.2, 0.25) is 5.91 Å². The number of nitrogens with zero attached hydrogens (tertiary/aromatic N) is 1. The van der Waals surface area contributed by atoms with E-state index < -0.39 is 0 Å². The van der Waals surface area contributed by atoms with Gasteiger partial charge in [-0.3, -0.25) is 10.1 Å². The number of nitrogens with one attached hydrogen (secondary N) is 1. The molecular formula is C17H30N2O2. The molecule has 1 saturated heterocycles. The van der Waals surface area contributed by atoms with Crippen LogP contribution in [-0.4, -0.2) is 41.8 Å². The smallest absolute Gasteiger partial charge is 0.244 e. The second-order valence-electron chi connectivity index (χ2n) is 7.01. The Balaban J connectivity index is 1.56. The zero-order valence-corrected chi connectivity index (χ0v) is 13.4. The highest BCUT2D eigenvalue weighted by molar-refractivity contribution is 5.89. The van der Waals surface area contributed by atoms with Gasteiger partial charge >= 0.3 is 0 Å². The molecular weight excluding hydrogens is 264 g/mol. The molecule has 0 bridgehead atoms. The van der Waals surface area contributed by atoms with Crippen molar-refractivity contribution < 1.29 is 9.53 Å². The quantitative estimate of drug-likeness (QED) is 0.819. The number of rotatable bonds is 6. The fraction of sp³-hybridized carbons (Fsp3) is 0.941. The zero-order chi connectivity index (χ0) is 14.7. The van der Waals surface area contributed by atoms with Gasteiger partial charge < -0.3 is 9.64 Å². The monoisotopic (exact) mass is 294 g/mol. The molecule has 21 heavy (non-hydrogen) atoms. The van der Waals surface area contributed by atoms with Crippen LogP contribution in [0.25, 0.3) is 0 Å². The van der Waals surface area contributed by atoms with Crippen LogP contribution >= 0.6 is 0 Å². The summed E-state index contributed by atoms with van der Waals surface area (Å²) >= 11 is 0. The fourth-order valence-electron chi connectivity index (χ4n) is 4.34. The fourth-order valence-corrected chi connectivity index (χ4v) is 4.34. The van der Waals surface area contributed by atoms with Gasteiger partial charge in [0.15, 0.2) is 0 Å². The van der Waals surface area contributed by atoms with Gasteiger partial charge in [-0.25, -0.2) is 0 Å². The molecule has 120 valence electrons. The topological polar surface area (TPSA) is 41.6 Å². The van der Waals surface area contributed by atoms with Crippen molar-refractivity contribution in [2.24, 2.45) is 0 Å². The molecule has 3 aliphatic rings. The van der Waals surface area contributed by atoms with Crippen molar-refractivity contribution >= 4 is 5.91 Å². The summed E-state index contributed by atoms with van der Waals surface area (Å²) in [6.45, 7) is 3.65. The van der Waals surface area contributed by atoms with Gasteiger partial charge in [-0.1, -0.05) is 39.0 Å². The molecule has 1 N–H and O–H groups in total. The van der Waals surface area contributed by atoms with Crippen LogP contribution in [0.5, 0.6) is 0 Å². The van der Waals surface area contributed by atoms with Crippen molar-refractivity contribution in [3.63, 3.8) is 0 Å². The number of carbonyl (C=O) groups is 1. The molecule has 0 aromatic heterocycles. The first-order chi connectivity index (χ1) is 10.2. The lowest BCUT2D eigenvalue weighted by molar-refractivity contribution is -0.134. The third kappa shape index (κ3) is 3.11. The molecule has 1 unspecified atom stereocenters. The van der Waals surface area contributed by atoms with Gasteiger partial charge in [0.1, 0.15) is 0 Å². The molecule has 1 amide bonds. The van der Waals surface area contributed by atoms with E-state index >= 15 is 0 Å². The minimum atomic E-state index is -0.229. The molecule has 0 aromatic rings. The second-order valence-corrected chi connectivity index (χ2v) is 7.01. The van der Waals surface area contributed by atoms with Crippen LogP contribution < -0.4 is 5.32 Å². The molecule has 0 radical (unpaired) electrons. The average Bonchev–Trinajstić information content (AvgIpc) is 3.18. The van der Waals surface area contributed by atoms with Gasteiger partial charge in [0.05, 0.1) is 24.4 Å². The predicted molar refractivity (Wildman–Crippen MR) is 83.0 cm³/mol. The first-order valence-corrected chi connectivity index (χ1v) is 8.95. The summed E-state index contributed by atoms with van der Waals surface area (Å²) in [6.07, 6.45) is 12.3. The van der Waals surface area contributed by atoms with Gasteiger partial charge in [-0.2, -0.15) is 0 Å². The Morgan fingerprint density at radius 1 is 1.24 bits per heavy atom. The van der Waals surface area contributed by atoms with E-state index in [1.807, 2.05) is 0 Å². The number of ether oxygens (including phenoxy) is 1. The molecule has 3 fully saturated rings. The highest BCUT2D eigenvalue weighted by Gasteiger charge is 2.51. The number of carbonyl (C=O) groups excluding carboxylic acids is 1. The van der Waals surface area contributed by atoms with Gasteiger partial charge in [0.25, 0.3) is 0 Å². The van der Waals surface area contributed by atoms with Crippen LogP contribution in [0.4, 0.5) is 0 Å². The second kappa shape index (κ2) is 6.66. The van der Waals surface area contributed by atoms with E-state index in [4.69, 9.17) is 4.74 Å². The molecule has 1 atom stereocenters. The Morgan fingerprint density at radius 3 is 2.62 bits per heavy atom. The third-order valence-corrected chi connectivity index (χ3v) is 5.50. The SMILES string of the molecule is CCCC1NC2(CCCC2)C(=O)N1CCOC1CCCC1. The summed E-state index contributed by atoms with van der Waals surface area (Å²) in [6, 6.07) is 0. The molecule has 1 aliphatic heterocycles. The minimum absolute atomic E-state index is 0.229. The van der Waals surface area contributed by atoms with E-state index in [1.165, 1.54) is 38.5 Å². The molecule has 4 nitrogen and oxygen atoms in total. The molecule has 3 rings (SSSR count). The largest absolute Gasteiger partial charge is 0.376 e. The summed E-state index contributed by atoms with van der Waals surface area (Å²) in [5, 5.41) is 3.67. The summed E-state index contributed by atoms with van der Waals surface area (Å²) in [7, 11) is 0. The Bertz CT molecular complexity index is 360. The maximum atomic E-state index is 12.8. The van der Waals surface area contributed by atoms with Gasteiger partial charge in [-0.15, -0.1) is 0 Å². The summed E-state index contributed by atoms with van der Waals surface area (Å²) in [4.78, 5) is 14.9. The highest BCUT2D eigenvalue weighted by Crippen LogP contribution is 2.37. The van der Waals surface area contributed by atoms with Gasteiger partial charge in [0, 0.05) is 6.54 Å². The van der Waals surface area contributed by atoms with Crippen molar-refractivity contribution in [1.29, 1.82) is 0 Å². The average molecular weight is 294 g/mol. The Morgan fingerprint density at radius 2 is 1.95 bits per heavy atom. The lowest BCUT2D eigenvalue weighted by atomic mass is 9.98. The molecule has 2 aliphatic carbocycles. The summed E-state index contributed by atoms with van der Waals surface area (Å²) in [5.41, 5.74) is -0.229. The van der Waals surface area contributed by atoms with Crippen LogP contribution in [0.2, 0.25) is 0 Å². The van der Waals surface area contributed by atoms with Crippen molar-refractivity contribution in [3.8, 4) is 0 Å². The van der Waals surface area contributed by atoms with Crippen molar-refractivity contribution in [1.82, 2.24) is 10.2 Å². The molecule has 2 saturated carbocycles. The standard InChI is InChI=1S/C17H30N2O2/c1-2-7-15-18-17(10-5-6-11-17)16(20)19(15)12-13-21-14-8-3-4-9-14/h14-15,18H,2-13H2,1H3. The van der Waals surface area contributed by atoms with Crippen molar-refractivity contribution in [2.45, 2.75) is 88.9 Å². The Kier molecular flexibility index (Phi) is 4.85. The third-order valence-electron chi connectivity index (χ3n) is 5.50. The number of hydrogen-bond acceptors (Lipinski definition) is 3. The van der Waals surface area contributed by atoms with Crippen LogP contribution in [0.1, 0.15) is 71.1 Å². The van der Waals surface area contributed by atoms with Crippen LogP contribution in [0.15, 0.2) is 0 Å². The maximum Gasteiger partial charge on any atom is 0.244 e. The van der Waals surface area contributed by atoms with Crippen LogP contribution in [0.3, 0.4) is 0 Å². The number of amides is 1. The molecule has 4 heteroatoms. The lowest BCUT2D eigenvalue weighted by Gasteiger charge is -2.24. The van der Waals surface area contributed by atoms with E-state index in [9.17, 15) is 4.79 Å². The minimum Gasteiger partial charge on any atom is -0.376 e. The first-order valence-electron chi connectivity index (χ1n) is 8.95. The first kappa shape index (κ1) is 15.3. The molecule has 1 spiro atoms. The normalized spacial score (nSPS) is 29.1. The summed E-state index contributed by atoms with van der Waals surface area (Å²) in [5.74, 6) is 0.341. The zero-order valence-electron chi connectivity index (χ0n) is 13.4. The Labute approximate surface area is 128 Å². The lowest BCUT2D eigenvalue weighted by Crippen LogP contribution is -2.44. The van der Waals surface area contributed by atoms with Crippen molar-refractivity contribution in [2.75, 3.05) is 13.2 Å². The van der Waals surface area contributed by atoms with E-state index in [-0.39, 0.29) is 11.7 Å². The Hall–Kier alpha value is -0.610. The molecule has 1 heterocycles. The van der Waals surface area contributed by atoms with Crippen LogP contribution in [0, 0.1) is 0 Å². The van der Waals surface area contributed by atoms with E-state index in [2.05, 4.69) is 17.1 Å². The number of hydrogen-bond donors (Lipinski definition) is 1. The highest BCUT2D eigenvalue weighted by atomic mass is 16.5. The maximum absolute atomic E-state index is 12.8. The van der Waals surface area contributed by atoms with E-state index in [0.29, 0.717) is 18.6 Å². The van der Waals surface area contributed by atoms with Gasteiger partial charge in [-0.05, 0) is 32.1 Å².